The standard InChI is InChI=1S/C32H50F3N3O2S/c1-19-8-9-21(17-28(19)40-5)32(2)14-6-7-27-29(32)38(23-12-10-22(33)11-13-23)31(36-27)41-18-24-25(34)15-20(16-26(24)35)30(39)37(3)4/h19-26,28H,6-18H2,1-5H3. The van der Waals surface area contributed by atoms with E-state index >= 15 is 8.78 Å². The predicted molar refractivity (Wildman–Crippen MR) is 158 cm³/mol. The Labute approximate surface area is 248 Å². The van der Waals surface area contributed by atoms with E-state index in [4.69, 9.17) is 9.72 Å². The summed E-state index contributed by atoms with van der Waals surface area (Å²) < 4.78 is 53.3. The fraction of sp³-hybridized carbons (Fsp3) is 0.875. The molecular formula is C32H50F3N3O2S. The van der Waals surface area contributed by atoms with E-state index in [1.807, 2.05) is 7.11 Å². The van der Waals surface area contributed by atoms with Gasteiger partial charge in [0.25, 0.3) is 0 Å². The van der Waals surface area contributed by atoms with Crippen LogP contribution in [0.5, 0.6) is 0 Å². The number of methoxy groups -OCH3 is 1. The summed E-state index contributed by atoms with van der Waals surface area (Å²) in [5.41, 5.74) is 2.38. The average Bonchev–Trinajstić information content (AvgIpc) is 3.32. The van der Waals surface area contributed by atoms with Crippen molar-refractivity contribution in [2.45, 2.75) is 132 Å². The predicted octanol–water partition coefficient (Wildman–Crippen LogP) is 7.26. The number of aryl methyl sites for hydroxylation is 1. The number of aromatic nitrogens is 2. The van der Waals surface area contributed by atoms with Crippen LogP contribution >= 0.6 is 11.8 Å². The zero-order valence-corrected chi connectivity index (χ0v) is 26.4. The second-order valence-corrected chi connectivity index (χ2v) is 14.9. The second kappa shape index (κ2) is 12.8. The van der Waals surface area contributed by atoms with E-state index in [1.54, 1.807) is 14.1 Å². The van der Waals surface area contributed by atoms with Crippen LogP contribution in [0.3, 0.4) is 0 Å². The highest BCUT2D eigenvalue weighted by molar-refractivity contribution is 7.99. The highest BCUT2D eigenvalue weighted by Gasteiger charge is 2.47. The zero-order chi connectivity index (χ0) is 29.5. The van der Waals surface area contributed by atoms with Gasteiger partial charge >= 0.3 is 0 Å². The zero-order valence-electron chi connectivity index (χ0n) is 25.6. The monoisotopic (exact) mass is 597 g/mol. The lowest BCUT2D eigenvalue weighted by Crippen LogP contribution is -2.44. The number of carbonyl (C=O) groups excluding carboxylic acids is 1. The molecule has 5 rings (SSSR count). The summed E-state index contributed by atoms with van der Waals surface area (Å²) >= 11 is 1.48. The molecule has 1 aromatic rings. The lowest BCUT2D eigenvalue weighted by atomic mass is 9.61. The van der Waals surface area contributed by atoms with Gasteiger partial charge in [0.05, 0.1) is 11.8 Å². The van der Waals surface area contributed by atoms with Crippen LogP contribution in [0.4, 0.5) is 13.2 Å². The average molecular weight is 598 g/mol. The van der Waals surface area contributed by atoms with Crippen molar-refractivity contribution in [1.29, 1.82) is 0 Å². The number of hydrogen-bond acceptors (Lipinski definition) is 4. The van der Waals surface area contributed by atoms with Gasteiger partial charge in [-0.2, -0.15) is 0 Å². The first-order chi connectivity index (χ1) is 19.5. The number of ether oxygens (including phenoxy) is 1. The lowest BCUT2D eigenvalue weighted by Gasteiger charge is -2.47. The number of hydrogen-bond donors (Lipinski definition) is 0. The van der Waals surface area contributed by atoms with Gasteiger partial charge in [0.1, 0.15) is 18.5 Å². The van der Waals surface area contributed by atoms with Gasteiger partial charge in [0, 0.05) is 55.9 Å². The fourth-order valence-corrected chi connectivity index (χ4v) is 9.77. The van der Waals surface area contributed by atoms with Crippen LogP contribution in [0.2, 0.25) is 0 Å². The summed E-state index contributed by atoms with van der Waals surface area (Å²) in [7, 11) is 5.10. The molecule has 3 fully saturated rings. The van der Waals surface area contributed by atoms with E-state index in [-0.39, 0.29) is 36.3 Å². The summed E-state index contributed by atoms with van der Waals surface area (Å²) in [5.74, 6) is -0.240. The largest absolute Gasteiger partial charge is 0.381 e. The van der Waals surface area contributed by atoms with Crippen LogP contribution in [-0.4, -0.2) is 71.9 Å². The Morgan fingerprint density at radius 1 is 1.07 bits per heavy atom. The summed E-state index contributed by atoms with van der Waals surface area (Å²) in [5, 5.41) is 0.851. The van der Waals surface area contributed by atoms with Gasteiger partial charge in [0.2, 0.25) is 5.91 Å². The topological polar surface area (TPSA) is 47.4 Å². The number of fused-ring (bicyclic) bond motifs is 1. The Bertz CT molecular complexity index is 1050. The molecule has 1 heterocycles. The highest BCUT2D eigenvalue weighted by atomic mass is 32.2. The van der Waals surface area contributed by atoms with Crippen molar-refractivity contribution in [2.24, 2.45) is 23.7 Å². The Morgan fingerprint density at radius 3 is 2.39 bits per heavy atom. The normalized spacial score (nSPS) is 39.8. The lowest BCUT2D eigenvalue weighted by molar-refractivity contribution is -0.136. The van der Waals surface area contributed by atoms with Crippen molar-refractivity contribution >= 4 is 17.7 Å². The third-order valence-corrected chi connectivity index (χ3v) is 12.2. The maximum absolute atomic E-state index is 15.4. The molecule has 0 bridgehead atoms. The molecule has 0 aromatic carbocycles. The maximum atomic E-state index is 15.4. The highest BCUT2D eigenvalue weighted by Crippen LogP contribution is 2.52. The van der Waals surface area contributed by atoms with Crippen LogP contribution in [0.25, 0.3) is 0 Å². The molecule has 6 atom stereocenters. The number of thioether (sulfide) groups is 1. The van der Waals surface area contributed by atoms with E-state index in [0.717, 1.165) is 62.2 Å². The molecule has 4 aliphatic carbocycles. The number of imidazole rings is 1. The molecule has 0 saturated heterocycles. The molecule has 0 N–H and O–H groups in total. The Balaban J connectivity index is 1.43. The van der Waals surface area contributed by atoms with Crippen LogP contribution in [0, 0.1) is 23.7 Å². The van der Waals surface area contributed by atoms with Crippen LogP contribution in [0.15, 0.2) is 5.16 Å². The molecule has 9 heteroatoms. The Morgan fingerprint density at radius 2 is 1.76 bits per heavy atom. The van der Waals surface area contributed by atoms with E-state index in [2.05, 4.69) is 18.4 Å². The molecule has 0 radical (unpaired) electrons. The molecule has 6 unspecified atom stereocenters. The minimum Gasteiger partial charge on any atom is -0.381 e. The first-order valence-corrected chi connectivity index (χ1v) is 16.9. The van der Waals surface area contributed by atoms with Crippen molar-refractivity contribution in [1.82, 2.24) is 14.5 Å². The number of rotatable bonds is 7. The second-order valence-electron chi connectivity index (χ2n) is 13.9. The van der Waals surface area contributed by atoms with E-state index in [9.17, 15) is 9.18 Å². The number of halogens is 3. The van der Waals surface area contributed by atoms with Crippen molar-refractivity contribution in [3.63, 3.8) is 0 Å². The number of amides is 1. The number of nitrogens with zero attached hydrogens (tertiary/aromatic N) is 3. The maximum Gasteiger partial charge on any atom is 0.225 e. The van der Waals surface area contributed by atoms with Gasteiger partial charge in [0.15, 0.2) is 5.16 Å². The van der Waals surface area contributed by atoms with Crippen LogP contribution in [0.1, 0.15) is 102 Å². The van der Waals surface area contributed by atoms with Gasteiger partial charge in [-0.05, 0) is 88.9 Å². The molecule has 4 aliphatic rings. The van der Waals surface area contributed by atoms with Crippen molar-refractivity contribution in [3.05, 3.63) is 11.4 Å². The molecule has 5 nitrogen and oxygen atoms in total. The first-order valence-electron chi connectivity index (χ1n) is 15.9. The van der Waals surface area contributed by atoms with Gasteiger partial charge in [-0.3, -0.25) is 4.79 Å². The molecule has 0 spiro atoms. The van der Waals surface area contributed by atoms with Crippen LogP contribution in [-0.2, 0) is 21.4 Å². The molecule has 0 aliphatic heterocycles. The third kappa shape index (κ3) is 6.23. The SMILES string of the molecule is COC1CC(C2(C)CCCc3nc(SCC4C(F)CC(C(=O)N(C)C)CC4F)n(C4CCC(F)CC4)c32)CCC1C. The quantitative estimate of drug-likeness (QED) is 0.310. The van der Waals surface area contributed by atoms with Crippen LogP contribution < -0.4 is 0 Å². The molecule has 41 heavy (non-hydrogen) atoms. The van der Waals surface area contributed by atoms with Gasteiger partial charge in [-0.1, -0.05) is 25.6 Å². The van der Waals surface area contributed by atoms with Gasteiger partial charge < -0.3 is 14.2 Å². The summed E-state index contributed by atoms with van der Waals surface area (Å²) in [6.07, 6.45) is 5.98. The Hall–Kier alpha value is -1.22. The van der Waals surface area contributed by atoms with E-state index < -0.39 is 30.4 Å². The minimum absolute atomic E-state index is 0.0568. The Kier molecular flexibility index (Phi) is 9.74. The number of alkyl halides is 3. The molecule has 1 amide bonds. The summed E-state index contributed by atoms with van der Waals surface area (Å²) in [6.45, 7) is 4.69. The number of carbonyl (C=O) groups is 1. The smallest absolute Gasteiger partial charge is 0.225 e. The molecule has 232 valence electrons. The van der Waals surface area contributed by atoms with E-state index in [1.165, 1.54) is 22.4 Å². The van der Waals surface area contributed by atoms with Crippen molar-refractivity contribution in [3.8, 4) is 0 Å². The first kappa shape index (κ1) is 31.2. The van der Waals surface area contributed by atoms with Crippen molar-refractivity contribution in [2.75, 3.05) is 27.0 Å². The summed E-state index contributed by atoms with van der Waals surface area (Å²) in [6, 6.07) is 0.162. The molecular weight excluding hydrogens is 547 g/mol. The van der Waals surface area contributed by atoms with Gasteiger partial charge in [-0.15, -0.1) is 0 Å². The molecule has 1 aromatic heterocycles. The third-order valence-electron chi connectivity index (χ3n) is 11.1. The minimum atomic E-state index is -1.36. The summed E-state index contributed by atoms with van der Waals surface area (Å²) in [4.78, 5) is 19.0. The molecule has 3 saturated carbocycles. The van der Waals surface area contributed by atoms with Crippen molar-refractivity contribution < 1.29 is 22.7 Å². The fourth-order valence-electron chi connectivity index (χ4n) is 8.46. The van der Waals surface area contributed by atoms with Gasteiger partial charge in [-0.25, -0.2) is 18.2 Å². The van der Waals surface area contributed by atoms with E-state index in [0.29, 0.717) is 30.4 Å².